The first kappa shape index (κ1) is 19.3. The first-order valence-electron chi connectivity index (χ1n) is 9.66. The van der Waals surface area contributed by atoms with E-state index in [1.807, 2.05) is 32.0 Å². The molecule has 6 nitrogen and oxygen atoms in total. The molecule has 29 heavy (non-hydrogen) atoms. The van der Waals surface area contributed by atoms with E-state index in [1.54, 1.807) is 17.0 Å². The van der Waals surface area contributed by atoms with Crippen molar-refractivity contribution in [2.45, 2.75) is 26.4 Å². The average Bonchev–Trinajstić information content (AvgIpc) is 3.14. The van der Waals surface area contributed by atoms with E-state index in [2.05, 4.69) is 5.16 Å². The van der Waals surface area contributed by atoms with Crippen LogP contribution in [-0.4, -0.2) is 40.6 Å². The van der Waals surface area contributed by atoms with Gasteiger partial charge in [-0.15, -0.1) is 0 Å². The van der Waals surface area contributed by atoms with Gasteiger partial charge in [0.2, 0.25) is 0 Å². The maximum absolute atomic E-state index is 14.0. The number of morpholine rings is 1. The number of halogens is 1. The summed E-state index contributed by atoms with van der Waals surface area (Å²) in [5.41, 5.74) is 3.23. The third-order valence-electron chi connectivity index (χ3n) is 5.07. The maximum atomic E-state index is 14.0. The van der Waals surface area contributed by atoms with E-state index in [1.165, 1.54) is 12.1 Å². The Labute approximate surface area is 168 Å². The van der Waals surface area contributed by atoms with Crippen LogP contribution in [0.25, 0.3) is 11.3 Å². The van der Waals surface area contributed by atoms with Gasteiger partial charge in [0, 0.05) is 13.0 Å². The summed E-state index contributed by atoms with van der Waals surface area (Å²) in [5.74, 6) is -0.0699. The Balaban J connectivity index is 1.58. The first-order chi connectivity index (χ1) is 14.1. The van der Waals surface area contributed by atoms with Crippen molar-refractivity contribution in [1.29, 1.82) is 0 Å². The molecule has 0 N–H and O–H groups in total. The van der Waals surface area contributed by atoms with Gasteiger partial charge in [-0.25, -0.2) is 9.37 Å². The monoisotopic (exact) mass is 395 g/mol. The molecule has 0 aliphatic carbocycles. The molecule has 1 aliphatic heterocycles. The highest BCUT2D eigenvalue weighted by Gasteiger charge is 2.28. The molecule has 1 unspecified atom stereocenters. The Morgan fingerprint density at radius 3 is 2.86 bits per heavy atom. The summed E-state index contributed by atoms with van der Waals surface area (Å²) >= 11 is 0. The quantitative estimate of drug-likeness (QED) is 0.669. The molecule has 0 saturated carbocycles. The lowest BCUT2D eigenvalue weighted by molar-refractivity contribution is -0.0248. The molecule has 4 rings (SSSR count). The Morgan fingerprint density at radius 1 is 1.24 bits per heavy atom. The molecule has 1 aliphatic rings. The minimum absolute atomic E-state index is 0.0718. The van der Waals surface area contributed by atoms with E-state index in [0.717, 1.165) is 28.4 Å². The van der Waals surface area contributed by atoms with Crippen LogP contribution in [0.15, 0.2) is 47.0 Å². The van der Waals surface area contributed by atoms with Crippen molar-refractivity contribution >= 4 is 5.91 Å². The van der Waals surface area contributed by atoms with Crippen LogP contribution < -0.4 is 0 Å². The Morgan fingerprint density at radius 2 is 2.07 bits per heavy atom. The maximum Gasteiger partial charge on any atom is 0.257 e. The van der Waals surface area contributed by atoms with Gasteiger partial charge in [0.1, 0.15) is 17.7 Å². The van der Waals surface area contributed by atoms with Gasteiger partial charge < -0.3 is 14.2 Å². The molecular weight excluding hydrogens is 373 g/mol. The lowest BCUT2D eigenvalue weighted by Gasteiger charge is -2.33. The van der Waals surface area contributed by atoms with Crippen molar-refractivity contribution < 1.29 is 18.4 Å². The second-order valence-electron chi connectivity index (χ2n) is 6.96. The molecule has 150 valence electrons. The van der Waals surface area contributed by atoms with Crippen LogP contribution in [-0.2, 0) is 11.2 Å². The molecule has 0 bridgehead atoms. The van der Waals surface area contributed by atoms with Gasteiger partial charge in [-0.1, -0.05) is 30.3 Å². The van der Waals surface area contributed by atoms with E-state index < -0.39 is 5.82 Å². The zero-order chi connectivity index (χ0) is 20.4. The highest BCUT2D eigenvalue weighted by Crippen LogP contribution is 2.29. The molecule has 1 atom stereocenters. The number of aromatic nitrogens is 2. The second kappa shape index (κ2) is 8.13. The van der Waals surface area contributed by atoms with E-state index >= 15 is 0 Å². The topological polar surface area (TPSA) is 68.5 Å². The number of aryl methyl sites for hydroxylation is 2. The lowest BCUT2D eigenvalue weighted by Crippen LogP contribution is -2.42. The molecule has 7 heteroatoms. The number of amides is 1. The predicted molar refractivity (Wildman–Crippen MR) is 105 cm³/mol. The van der Waals surface area contributed by atoms with Crippen LogP contribution in [0, 0.1) is 12.7 Å². The van der Waals surface area contributed by atoms with Gasteiger partial charge in [0.25, 0.3) is 5.91 Å². The molecule has 3 heterocycles. The zero-order valence-corrected chi connectivity index (χ0v) is 16.4. The largest absolute Gasteiger partial charge is 0.368 e. The SMILES string of the molecule is CCc1onc(C)c1-c1cccc(C2CN(C(=O)c3ccccc3F)CCO2)n1. The molecule has 1 amide bonds. The molecule has 3 aromatic rings. The number of rotatable bonds is 4. The smallest absolute Gasteiger partial charge is 0.257 e. The average molecular weight is 395 g/mol. The Hall–Kier alpha value is -3.06. The normalized spacial score (nSPS) is 16.8. The Bertz CT molecular complexity index is 1030. The summed E-state index contributed by atoms with van der Waals surface area (Å²) in [6.07, 6.45) is 0.331. The zero-order valence-electron chi connectivity index (χ0n) is 16.4. The minimum atomic E-state index is -0.518. The van der Waals surface area contributed by atoms with E-state index in [4.69, 9.17) is 14.2 Å². The molecule has 1 saturated heterocycles. The second-order valence-corrected chi connectivity index (χ2v) is 6.96. The van der Waals surface area contributed by atoms with Crippen molar-refractivity contribution in [3.05, 3.63) is 71.0 Å². The van der Waals surface area contributed by atoms with Gasteiger partial charge >= 0.3 is 0 Å². The molecule has 2 aromatic heterocycles. The highest BCUT2D eigenvalue weighted by atomic mass is 19.1. The van der Waals surface area contributed by atoms with Gasteiger partial charge in [-0.2, -0.15) is 0 Å². The number of carbonyl (C=O) groups is 1. The van der Waals surface area contributed by atoms with Crippen molar-refractivity contribution in [1.82, 2.24) is 15.0 Å². The van der Waals surface area contributed by atoms with Crippen LogP contribution in [0.5, 0.6) is 0 Å². The van der Waals surface area contributed by atoms with Crippen LogP contribution >= 0.6 is 0 Å². The van der Waals surface area contributed by atoms with Crippen molar-refractivity contribution in [3.63, 3.8) is 0 Å². The first-order valence-corrected chi connectivity index (χ1v) is 9.66. The summed E-state index contributed by atoms with van der Waals surface area (Å²) in [4.78, 5) is 19.1. The lowest BCUT2D eigenvalue weighted by atomic mass is 10.1. The summed E-state index contributed by atoms with van der Waals surface area (Å²) in [6.45, 7) is 4.98. The third-order valence-corrected chi connectivity index (χ3v) is 5.07. The molecule has 0 radical (unpaired) electrons. The summed E-state index contributed by atoms with van der Waals surface area (Å²) in [6, 6.07) is 11.7. The van der Waals surface area contributed by atoms with E-state index in [-0.39, 0.29) is 17.6 Å². The third kappa shape index (κ3) is 3.78. The number of pyridine rings is 1. The number of ether oxygens (including phenoxy) is 1. The predicted octanol–water partition coefficient (Wildman–Crippen LogP) is 3.96. The molecule has 1 fully saturated rings. The number of benzene rings is 1. The summed E-state index contributed by atoms with van der Waals surface area (Å²) in [5, 5.41) is 4.05. The molecule has 1 aromatic carbocycles. The van der Waals surface area contributed by atoms with E-state index in [9.17, 15) is 9.18 Å². The number of hydrogen-bond acceptors (Lipinski definition) is 5. The number of nitrogens with zero attached hydrogens (tertiary/aromatic N) is 3. The van der Waals surface area contributed by atoms with Gasteiger partial charge in [-0.05, 0) is 31.2 Å². The van der Waals surface area contributed by atoms with Crippen LogP contribution in [0.1, 0.15) is 40.5 Å². The summed E-state index contributed by atoms with van der Waals surface area (Å²) < 4.78 is 25.3. The standard InChI is InChI=1S/C22H22FN3O3/c1-3-19-21(14(2)25-29-19)18-10-6-9-17(24-18)20-13-26(11-12-28-20)22(27)15-7-4-5-8-16(15)23/h4-10,20H,3,11-13H2,1-2H3. The molecule has 0 spiro atoms. The number of carbonyl (C=O) groups excluding carboxylic acids is 1. The van der Waals surface area contributed by atoms with Crippen LogP contribution in [0.2, 0.25) is 0 Å². The fraction of sp³-hybridized carbons (Fsp3) is 0.318. The number of hydrogen-bond donors (Lipinski definition) is 0. The van der Waals surface area contributed by atoms with Crippen LogP contribution in [0.3, 0.4) is 0 Å². The van der Waals surface area contributed by atoms with Gasteiger partial charge in [-0.3, -0.25) is 4.79 Å². The minimum Gasteiger partial charge on any atom is -0.368 e. The fourth-order valence-electron chi connectivity index (χ4n) is 3.57. The summed E-state index contributed by atoms with van der Waals surface area (Å²) in [7, 11) is 0. The van der Waals surface area contributed by atoms with Gasteiger partial charge in [0.15, 0.2) is 0 Å². The van der Waals surface area contributed by atoms with E-state index in [0.29, 0.717) is 26.1 Å². The van der Waals surface area contributed by atoms with Crippen molar-refractivity contribution in [2.24, 2.45) is 0 Å². The van der Waals surface area contributed by atoms with Crippen molar-refractivity contribution in [2.75, 3.05) is 19.7 Å². The van der Waals surface area contributed by atoms with Crippen LogP contribution in [0.4, 0.5) is 4.39 Å². The highest BCUT2D eigenvalue weighted by molar-refractivity contribution is 5.94. The van der Waals surface area contributed by atoms with Crippen molar-refractivity contribution in [3.8, 4) is 11.3 Å². The molecular formula is C22H22FN3O3. The Kier molecular flexibility index (Phi) is 5.40. The fourth-order valence-corrected chi connectivity index (χ4v) is 3.57. The van der Waals surface area contributed by atoms with Gasteiger partial charge in [0.05, 0.1) is 41.4 Å².